The van der Waals surface area contributed by atoms with Crippen LogP contribution in [0.15, 0.2) is 23.8 Å². The molecule has 16 heavy (non-hydrogen) atoms. The molecular weight excluding hydrogens is 200 g/mol. The number of ether oxygens (including phenoxy) is 2. The molecule has 2 heterocycles. The fraction of sp³-hybridized carbons (Fsp3) is 0.714. The van der Waals surface area contributed by atoms with E-state index in [9.17, 15) is 0 Å². The van der Waals surface area contributed by atoms with Crippen LogP contribution in [-0.4, -0.2) is 24.4 Å². The van der Waals surface area contributed by atoms with Gasteiger partial charge in [0, 0.05) is 0 Å². The Morgan fingerprint density at radius 1 is 1.44 bits per heavy atom. The normalized spacial score (nSPS) is 42.2. The summed E-state index contributed by atoms with van der Waals surface area (Å²) in [4.78, 5) is 0. The quantitative estimate of drug-likeness (QED) is 0.527. The van der Waals surface area contributed by atoms with E-state index >= 15 is 0 Å². The van der Waals surface area contributed by atoms with Gasteiger partial charge in [0.05, 0.1) is 18.8 Å². The minimum Gasteiger partial charge on any atom is -0.367 e. The van der Waals surface area contributed by atoms with Gasteiger partial charge in [0.25, 0.3) is 0 Å². The monoisotopic (exact) mass is 220 g/mol. The molecule has 2 aliphatic heterocycles. The maximum Gasteiger partial charge on any atom is 0.135 e. The molecule has 0 saturated carbocycles. The van der Waals surface area contributed by atoms with Crippen LogP contribution >= 0.6 is 0 Å². The van der Waals surface area contributed by atoms with Crippen molar-refractivity contribution in [2.24, 2.45) is 0 Å². The zero-order chi connectivity index (χ0) is 11.0. The number of hydrogen-bond acceptors (Lipinski definition) is 2. The Morgan fingerprint density at radius 2 is 2.31 bits per heavy atom. The van der Waals surface area contributed by atoms with E-state index < -0.39 is 0 Å². The van der Waals surface area contributed by atoms with Crippen molar-refractivity contribution in [3.63, 3.8) is 0 Å². The van der Waals surface area contributed by atoms with Crippen molar-refractivity contribution in [2.75, 3.05) is 6.61 Å². The highest BCUT2D eigenvalue weighted by Gasteiger charge is 2.50. The number of rotatable bonds is 2. The first-order chi connectivity index (χ1) is 7.78. The van der Waals surface area contributed by atoms with Gasteiger partial charge in [-0.3, -0.25) is 0 Å². The van der Waals surface area contributed by atoms with Crippen molar-refractivity contribution in [2.45, 2.75) is 56.8 Å². The fourth-order valence-corrected chi connectivity index (χ4v) is 2.71. The molecule has 0 bridgehead atoms. The third-order valence-corrected chi connectivity index (χ3v) is 3.99. The summed E-state index contributed by atoms with van der Waals surface area (Å²) in [5, 5.41) is 0. The van der Waals surface area contributed by atoms with Crippen LogP contribution in [0.2, 0.25) is 0 Å². The molecule has 0 aromatic heterocycles. The van der Waals surface area contributed by atoms with E-state index in [4.69, 9.17) is 9.47 Å². The van der Waals surface area contributed by atoms with Crippen LogP contribution in [0.25, 0.3) is 0 Å². The minimum absolute atomic E-state index is 0.0581. The summed E-state index contributed by atoms with van der Waals surface area (Å²) in [7, 11) is 0. The highest BCUT2D eigenvalue weighted by Crippen LogP contribution is 2.39. The van der Waals surface area contributed by atoms with E-state index in [2.05, 4.69) is 25.2 Å². The topological polar surface area (TPSA) is 21.8 Å². The highest BCUT2D eigenvalue weighted by molar-refractivity contribution is 5.20. The van der Waals surface area contributed by atoms with Gasteiger partial charge in [0.1, 0.15) is 5.60 Å². The standard InChI is InChI=1S/C14H20O2/c1-11-14(10-15-14)8-7-13(16-11)9-12-5-3-2-4-6-12/h5,7-8,11,13H,2-4,6,9-10H2,1H3/t11-,13+,14-/m0/s1. The smallest absolute Gasteiger partial charge is 0.135 e. The zero-order valence-corrected chi connectivity index (χ0v) is 9.95. The molecule has 1 fully saturated rings. The van der Waals surface area contributed by atoms with Gasteiger partial charge in [-0.05, 0) is 45.1 Å². The first-order valence-electron chi connectivity index (χ1n) is 6.45. The minimum atomic E-state index is -0.0581. The molecule has 3 aliphatic rings. The molecule has 2 heteroatoms. The van der Waals surface area contributed by atoms with Crippen LogP contribution in [0.4, 0.5) is 0 Å². The van der Waals surface area contributed by atoms with Gasteiger partial charge in [-0.15, -0.1) is 0 Å². The van der Waals surface area contributed by atoms with Crippen LogP contribution < -0.4 is 0 Å². The second-order valence-electron chi connectivity index (χ2n) is 5.23. The van der Waals surface area contributed by atoms with Gasteiger partial charge in [-0.25, -0.2) is 0 Å². The molecule has 3 atom stereocenters. The highest BCUT2D eigenvalue weighted by atomic mass is 16.6. The summed E-state index contributed by atoms with van der Waals surface area (Å²) in [6.07, 6.45) is 13.6. The first kappa shape index (κ1) is 10.5. The zero-order valence-electron chi connectivity index (χ0n) is 9.95. The summed E-state index contributed by atoms with van der Waals surface area (Å²) >= 11 is 0. The van der Waals surface area contributed by atoms with Crippen molar-refractivity contribution in [3.8, 4) is 0 Å². The molecule has 0 amide bonds. The second-order valence-corrected chi connectivity index (χ2v) is 5.23. The lowest BCUT2D eigenvalue weighted by atomic mass is 9.92. The molecule has 0 radical (unpaired) electrons. The van der Waals surface area contributed by atoms with Crippen LogP contribution in [0, 0.1) is 0 Å². The van der Waals surface area contributed by atoms with E-state index in [1.807, 2.05) is 0 Å². The number of allylic oxidation sites excluding steroid dienone is 1. The predicted molar refractivity (Wildman–Crippen MR) is 63.3 cm³/mol. The Hall–Kier alpha value is -0.600. The molecule has 2 nitrogen and oxygen atoms in total. The van der Waals surface area contributed by atoms with E-state index in [1.54, 1.807) is 5.57 Å². The lowest BCUT2D eigenvalue weighted by Crippen LogP contribution is -2.35. The van der Waals surface area contributed by atoms with Crippen molar-refractivity contribution < 1.29 is 9.47 Å². The van der Waals surface area contributed by atoms with Gasteiger partial charge in [0.2, 0.25) is 0 Å². The number of epoxide rings is 1. The third-order valence-electron chi connectivity index (χ3n) is 3.99. The molecule has 0 aromatic rings. The molecular formula is C14H20O2. The first-order valence-corrected chi connectivity index (χ1v) is 6.45. The Labute approximate surface area is 97.3 Å². The summed E-state index contributed by atoms with van der Waals surface area (Å²) < 4.78 is 11.5. The predicted octanol–water partition coefficient (Wildman–Crippen LogP) is 2.99. The molecule has 3 rings (SSSR count). The van der Waals surface area contributed by atoms with Gasteiger partial charge in [-0.1, -0.05) is 17.7 Å². The Kier molecular flexibility index (Phi) is 2.64. The largest absolute Gasteiger partial charge is 0.367 e. The summed E-state index contributed by atoms with van der Waals surface area (Å²) in [6.45, 7) is 2.96. The van der Waals surface area contributed by atoms with E-state index in [0.717, 1.165) is 13.0 Å². The maximum absolute atomic E-state index is 6.01. The second kappa shape index (κ2) is 4.01. The van der Waals surface area contributed by atoms with Crippen LogP contribution in [0.3, 0.4) is 0 Å². The molecule has 1 aliphatic carbocycles. The van der Waals surface area contributed by atoms with Gasteiger partial charge in [-0.2, -0.15) is 0 Å². The lowest BCUT2D eigenvalue weighted by molar-refractivity contribution is -0.0214. The molecule has 0 unspecified atom stereocenters. The SMILES string of the molecule is C[C@@H]1O[C@@H](CC2=CCCCC2)C=C[C@]12CO2. The van der Waals surface area contributed by atoms with Crippen LogP contribution in [0.5, 0.6) is 0 Å². The van der Waals surface area contributed by atoms with Crippen LogP contribution in [0.1, 0.15) is 39.0 Å². The molecule has 88 valence electrons. The summed E-state index contributed by atoms with van der Waals surface area (Å²) in [5.74, 6) is 0. The maximum atomic E-state index is 6.01. The van der Waals surface area contributed by atoms with E-state index in [1.165, 1.54) is 25.7 Å². The van der Waals surface area contributed by atoms with Crippen LogP contribution in [-0.2, 0) is 9.47 Å². The Morgan fingerprint density at radius 3 is 2.94 bits per heavy atom. The Bertz CT molecular complexity index is 326. The van der Waals surface area contributed by atoms with Gasteiger partial charge in [0.15, 0.2) is 0 Å². The number of hydrogen-bond donors (Lipinski definition) is 0. The lowest BCUT2D eigenvalue weighted by Gasteiger charge is -2.29. The van der Waals surface area contributed by atoms with Crippen molar-refractivity contribution >= 4 is 0 Å². The van der Waals surface area contributed by atoms with Crippen molar-refractivity contribution in [1.82, 2.24) is 0 Å². The molecule has 1 spiro atoms. The van der Waals surface area contributed by atoms with Crippen molar-refractivity contribution in [1.29, 1.82) is 0 Å². The van der Waals surface area contributed by atoms with Gasteiger partial charge >= 0.3 is 0 Å². The van der Waals surface area contributed by atoms with Crippen molar-refractivity contribution in [3.05, 3.63) is 23.8 Å². The average Bonchev–Trinajstić information content (AvgIpc) is 3.07. The molecule has 1 saturated heterocycles. The third kappa shape index (κ3) is 1.96. The molecule has 0 N–H and O–H groups in total. The average molecular weight is 220 g/mol. The van der Waals surface area contributed by atoms with E-state index in [0.29, 0.717) is 0 Å². The summed E-state index contributed by atoms with van der Waals surface area (Å²) in [6, 6.07) is 0. The molecule has 0 aromatic carbocycles. The Balaban J connectivity index is 1.62. The summed E-state index contributed by atoms with van der Waals surface area (Å²) in [5.41, 5.74) is 1.53. The van der Waals surface area contributed by atoms with E-state index in [-0.39, 0.29) is 17.8 Å². The fourth-order valence-electron chi connectivity index (χ4n) is 2.71. The van der Waals surface area contributed by atoms with Gasteiger partial charge < -0.3 is 9.47 Å².